The minimum Gasteiger partial charge on any atom is -0.480 e. The number of nitrogens with two attached hydrogens (primary N) is 1. The Morgan fingerprint density at radius 2 is 1.97 bits per heavy atom. The SMILES string of the molecule is NC(Cc1cnc[nH]1)C(=O)NC(Cc1c(C(F)(F)F)[nH]c2ccccc12)C(=O)O. The molecule has 2 aromatic heterocycles. The Labute approximate surface area is 162 Å². The number of hydrogen-bond donors (Lipinski definition) is 5. The van der Waals surface area contributed by atoms with Crippen LogP contribution in [0.2, 0.25) is 0 Å². The van der Waals surface area contributed by atoms with Gasteiger partial charge in [0.25, 0.3) is 0 Å². The van der Waals surface area contributed by atoms with Gasteiger partial charge in [-0.05, 0) is 11.6 Å². The van der Waals surface area contributed by atoms with Gasteiger partial charge in [-0.2, -0.15) is 13.2 Å². The molecule has 3 rings (SSSR count). The Balaban J connectivity index is 1.84. The van der Waals surface area contributed by atoms with Crippen LogP contribution in [-0.4, -0.2) is 44.0 Å². The molecule has 0 saturated heterocycles. The summed E-state index contributed by atoms with van der Waals surface area (Å²) in [7, 11) is 0. The fourth-order valence-electron chi connectivity index (χ4n) is 3.06. The zero-order chi connectivity index (χ0) is 21.2. The lowest BCUT2D eigenvalue weighted by Gasteiger charge is -2.18. The highest BCUT2D eigenvalue weighted by molar-refractivity contribution is 5.89. The van der Waals surface area contributed by atoms with Gasteiger partial charge in [0.2, 0.25) is 5.91 Å². The number of carbonyl (C=O) groups is 2. The molecule has 2 heterocycles. The van der Waals surface area contributed by atoms with Gasteiger partial charge in [0.15, 0.2) is 0 Å². The van der Waals surface area contributed by atoms with E-state index >= 15 is 0 Å². The van der Waals surface area contributed by atoms with Gasteiger partial charge >= 0.3 is 12.1 Å². The summed E-state index contributed by atoms with van der Waals surface area (Å²) in [6.07, 6.45) is -2.34. The number of H-pyrrole nitrogens is 2. The third-order valence-electron chi connectivity index (χ3n) is 4.45. The number of amides is 1. The fraction of sp³-hybridized carbons (Fsp3) is 0.278. The first-order valence-corrected chi connectivity index (χ1v) is 8.59. The largest absolute Gasteiger partial charge is 0.480 e. The number of nitrogens with zero attached hydrogens (tertiary/aromatic N) is 1. The average molecular weight is 409 g/mol. The van der Waals surface area contributed by atoms with Crippen LogP contribution in [0.4, 0.5) is 13.2 Å². The molecule has 29 heavy (non-hydrogen) atoms. The Bertz CT molecular complexity index is 1010. The van der Waals surface area contributed by atoms with E-state index in [4.69, 9.17) is 5.73 Å². The van der Waals surface area contributed by atoms with Gasteiger partial charge in [-0.25, -0.2) is 9.78 Å². The van der Waals surface area contributed by atoms with Crippen molar-refractivity contribution in [1.82, 2.24) is 20.3 Å². The predicted octanol–water partition coefficient (Wildman–Crippen LogP) is 1.59. The van der Waals surface area contributed by atoms with Crippen molar-refractivity contribution < 1.29 is 27.9 Å². The lowest BCUT2D eigenvalue weighted by atomic mass is 10.0. The van der Waals surface area contributed by atoms with E-state index in [1.54, 1.807) is 12.1 Å². The molecule has 0 bridgehead atoms. The zero-order valence-electron chi connectivity index (χ0n) is 15.0. The minimum atomic E-state index is -4.71. The van der Waals surface area contributed by atoms with Crippen LogP contribution < -0.4 is 11.1 Å². The van der Waals surface area contributed by atoms with E-state index in [0.717, 1.165) is 0 Å². The maximum Gasteiger partial charge on any atom is 0.431 e. The molecular weight excluding hydrogens is 391 g/mol. The van der Waals surface area contributed by atoms with Crippen molar-refractivity contribution in [3.05, 3.63) is 53.7 Å². The normalized spacial score (nSPS) is 13.9. The number of halogens is 3. The number of nitrogens with one attached hydrogen (secondary N) is 3. The number of para-hydroxylation sites is 1. The van der Waals surface area contributed by atoms with Gasteiger partial charge in [0.05, 0.1) is 12.4 Å². The summed E-state index contributed by atoms with van der Waals surface area (Å²) in [6.45, 7) is 0. The maximum absolute atomic E-state index is 13.4. The highest BCUT2D eigenvalue weighted by Crippen LogP contribution is 2.36. The first kappa shape index (κ1) is 20.4. The Morgan fingerprint density at radius 1 is 1.24 bits per heavy atom. The number of fused-ring (bicyclic) bond motifs is 1. The van der Waals surface area contributed by atoms with Crippen LogP contribution >= 0.6 is 0 Å². The van der Waals surface area contributed by atoms with Crippen molar-refractivity contribution in [3.63, 3.8) is 0 Å². The number of aromatic amines is 2. The molecule has 6 N–H and O–H groups in total. The summed E-state index contributed by atoms with van der Waals surface area (Å²) in [5.41, 5.74) is 5.30. The van der Waals surface area contributed by atoms with Crippen LogP contribution in [0.25, 0.3) is 10.9 Å². The molecule has 154 valence electrons. The molecule has 2 atom stereocenters. The molecule has 0 aliphatic rings. The molecule has 11 heteroatoms. The van der Waals surface area contributed by atoms with Crippen molar-refractivity contribution in [2.75, 3.05) is 0 Å². The van der Waals surface area contributed by atoms with Gasteiger partial charge < -0.3 is 26.1 Å². The number of benzene rings is 1. The van der Waals surface area contributed by atoms with Crippen molar-refractivity contribution >= 4 is 22.8 Å². The summed E-state index contributed by atoms with van der Waals surface area (Å²) < 4.78 is 40.3. The van der Waals surface area contributed by atoms with E-state index in [1.165, 1.54) is 24.7 Å². The van der Waals surface area contributed by atoms with Crippen LogP contribution in [0.5, 0.6) is 0 Å². The maximum atomic E-state index is 13.4. The number of rotatable bonds is 7. The second-order valence-corrected chi connectivity index (χ2v) is 6.51. The van der Waals surface area contributed by atoms with Crippen LogP contribution in [-0.2, 0) is 28.6 Å². The van der Waals surface area contributed by atoms with Crippen molar-refractivity contribution in [2.24, 2.45) is 5.73 Å². The molecule has 8 nitrogen and oxygen atoms in total. The van der Waals surface area contributed by atoms with E-state index in [1.807, 2.05) is 0 Å². The number of aliphatic carboxylic acids is 1. The monoisotopic (exact) mass is 409 g/mol. The quantitative estimate of drug-likeness (QED) is 0.404. The van der Waals surface area contributed by atoms with Gasteiger partial charge in [0, 0.05) is 35.6 Å². The standard InChI is InChI=1S/C18H18F3N5O3/c19-18(20,21)15-11(10-3-1-2-4-13(10)25-15)6-14(17(28)29)26-16(27)12(22)5-9-7-23-8-24-9/h1-4,7-8,12,14,25H,5-6,22H2,(H,23,24)(H,26,27)(H,28,29). The first-order chi connectivity index (χ1) is 13.7. The Hall–Kier alpha value is -3.34. The van der Waals surface area contributed by atoms with E-state index in [2.05, 4.69) is 20.3 Å². The number of alkyl halides is 3. The van der Waals surface area contributed by atoms with E-state index in [-0.39, 0.29) is 22.9 Å². The van der Waals surface area contributed by atoms with Crippen LogP contribution in [0.1, 0.15) is 17.0 Å². The number of aromatic nitrogens is 3. The summed E-state index contributed by atoms with van der Waals surface area (Å²) in [6, 6.07) is 3.35. The second-order valence-electron chi connectivity index (χ2n) is 6.51. The number of imidazole rings is 1. The highest BCUT2D eigenvalue weighted by Gasteiger charge is 2.38. The molecule has 1 amide bonds. The van der Waals surface area contributed by atoms with Crippen molar-refractivity contribution in [1.29, 1.82) is 0 Å². The van der Waals surface area contributed by atoms with E-state index in [9.17, 15) is 27.9 Å². The molecular formula is C18H18F3N5O3. The van der Waals surface area contributed by atoms with E-state index < -0.39 is 42.3 Å². The van der Waals surface area contributed by atoms with E-state index in [0.29, 0.717) is 5.69 Å². The fourth-order valence-corrected chi connectivity index (χ4v) is 3.06. The summed E-state index contributed by atoms with van der Waals surface area (Å²) >= 11 is 0. The second kappa shape index (κ2) is 7.95. The molecule has 0 radical (unpaired) electrons. The zero-order valence-corrected chi connectivity index (χ0v) is 15.0. The summed E-state index contributed by atoms with van der Waals surface area (Å²) in [5, 5.41) is 11.9. The molecule has 0 fully saturated rings. The molecule has 1 aromatic carbocycles. The predicted molar refractivity (Wildman–Crippen MR) is 96.8 cm³/mol. The van der Waals surface area contributed by atoms with Crippen LogP contribution in [0, 0.1) is 0 Å². The average Bonchev–Trinajstić information content (AvgIpc) is 3.28. The minimum absolute atomic E-state index is 0.0685. The first-order valence-electron chi connectivity index (χ1n) is 8.59. The summed E-state index contributed by atoms with van der Waals surface area (Å²) in [4.78, 5) is 32.8. The smallest absolute Gasteiger partial charge is 0.431 e. The van der Waals surface area contributed by atoms with Gasteiger partial charge in [0.1, 0.15) is 11.7 Å². The third-order valence-corrected chi connectivity index (χ3v) is 4.45. The van der Waals surface area contributed by atoms with Gasteiger partial charge in [-0.15, -0.1) is 0 Å². The number of carbonyl (C=O) groups excluding carboxylic acids is 1. The Morgan fingerprint density at radius 3 is 2.59 bits per heavy atom. The lowest BCUT2D eigenvalue weighted by Crippen LogP contribution is -2.50. The Kier molecular flexibility index (Phi) is 5.59. The van der Waals surface area contributed by atoms with Crippen molar-refractivity contribution in [2.45, 2.75) is 31.1 Å². The molecule has 3 aromatic rings. The summed E-state index contributed by atoms with van der Waals surface area (Å²) in [5.74, 6) is -2.26. The molecule has 0 aliphatic carbocycles. The van der Waals surface area contributed by atoms with Crippen LogP contribution in [0.3, 0.4) is 0 Å². The number of carboxylic acid groups (broad SMARTS) is 1. The molecule has 0 spiro atoms. The molecule has 0 saturated carbocycles. The molecule has 2 unspecified atom stereocenters. The lowest BCUT2D eigenvalue weighted by molar-refractivity contribution is -0.144. The topological polar surface area (TPSA) is 137 Å². The number of hydrogen-bond acceptors (Lipinski definition) is 4. The van der Waals surface area contributed by atoms with Crippen molar-refractivity contribution in [3.8, 4) is 0 Å². The highest BCUT2D eigenvalue weighted by atomic mass is 19.4. The van der Waals surface area contributed by atoms with Crippen LogP contribution in [0.15, 0.2) is 36.8 Å². The van der Waals surface area contributed by atoms with Gasteiger partial charge in [-0.1, -0.05) is 18.2 Å². The third kappa shape index (κ3) is 4.57. The van der Waals surface area contributed by atoms with Gasteiger partial charge in [-0.3, -0.25) is 4.79 Å². The number of carboxylic acids is 1. The molecule has 0 aliphatic heterocycles.